The zero-order valence-corrected chi connectivity index (χ0v) is 9.01. The predicted molar refractivity (Wildman–Crippen MR) is 55.2 cm³/mol. The van der Waals surface area contributed by atoms with Gasteiger partial charge in [-0.2, -0.15) is 0 Å². The van der Waals surface area contributed by atoms with Crippen LogP contribution in [0.15, 0.2) is 16.8 Å². The highest BCUT2D eigenvalue weighted by Gasteiger charge is 2.02. The number of ether oxygens (including phenoxy) is 1. The Hall–Kier alpha value is -2.09. The van der Waals surface area contributed by atoms with Crippen molar-refractivity contribution >= 4 is 12.0 Å². The van der Waals surface area contributed by atoms with Gasteiger partial charge in [-0.05, 0) is 0 Å². The van der Waals surface area contributed by atoms with Gasteiger partial charge in [-0.15, -0.1) is 0 Å². The SMILES string of the molecule is O=C(O)COCCNC(=O)NCc1ccno1. The number of hydrogen-bond donors (Lipinski definition) is 3. The van der Waals surface area contributed by atoms with Crippen LogP contribution in [0.2, 0.25) is 0 Å². The second-order valence-electron chi connectivity index (χ2n) is 3.03. The Morgan fingerprint density at radius 1 is 1.47 bits per heavy atom. The van der Waals surface area contributed by atoms with Crippen LogP contribution in [0.1, 0.15) is 5.76 Å². The molecule has 1 heterocycles. The molecule has 0 aromatic carbocycles. The van der Waals surface area contributed by atoms with Crippen LogP contribution < -0.4 is 10.6 Å². The van der Waals surface area contributed by atoms with E-state index in [-0.39, 0.29) is 32.3 Å². The molecule has 2 amide bonds. The van der Waals surface area contributed by atoms with Gasteiger partial charge in [0.1, 0.15) is 6.61 Å². The molecule has 0 aliphatic carbocycles. The number of urea groups is 1. The number of rotatable bonds is 7. The topological polar surface area (TPSA) is 114 Å². The van der Waals surface area contributed by atoms with Crippen LogP contribution in [0.4, 0.5) is 4.79 Å². The average molecular weight is 243 g/mol. The lowest BCUT2D eigenvalue weighted by Crippen LogP contribution is -2.37. The van der Waals surface area contributed by atoms with Crippen LogP contribution in [0.3, 0.4) is 0 Å². The highest BCUT2D eigenvalue weighted by molar-refractivity contribution is 5.73. The van der Waals surface area contributed by atoms with E-state index in [4.69, 9.17) is 14.4 Å². The van der Waals surface area contributed by atoms with E-state index >= 15 is 0 Å². The summed E-state index contributed by atoms with van der Waals surface area (Å²) in [4.78, 5) is 21.3. The summed E-state index contributed by atoms with van der Waals surface area (Å²) in [6.45, 7) is 0.237. The molecule has 8 nitrogen and oxygen atoms in total. The molecule has 1 aromatic rings. The Morgan fingerprint density at radius 3 is 2.94 bits per heavy atom. The van der Waals surface area contributed by atoms with Gasteiger partial charge in [-0.25, -0.2) is 9.59 Å². The molecule has 0 spiro atoms. The molecule has 8 heteroatoms. The molecular weight excluding hydrogens is 230 g/mol. The molecule has 0 fully saturated rings. The van der Waals surface area contributed by atoms with Gasteiger partial charge in [0, 0.05) is 12.6 Å². The molecule has 0 bridgehead atoms. The molecule has 0 unspecified atom stereocenters. The van der Waals surface area contributed by atoms with E-state index in [9.17, 15) is 9.59 Å². The van der Waals surface area contributed by atoms with Crippen molar-refractivity contribution in [1.82, 2.24) is 15.8 Å². The summed E-state index contributed by atoms with van der Waals surface area (Å²) in [5.41, 5.74) is 0. The zero-order valence-electron chi connectivity index (χ0n) is 9.01. The predicted octanol–water partition coefficient (Wildman–Crippen LogP) is -0.425. The minimum atomic E-state index is -1.04. The molecule has 3 N–H and O–H groups in total. The summed E-state index contributed by atoms with van der Waals surface area (Å²) in [6.07, 6.45) is 1.48. The molecule has 1 rings (SSSR count). The Morgan fingerprint density at radius 2 is 2.29 bits per heavy atom. The third kappa shape index (κ3) is 6.15. The Labute approximate surface area is 96.9 Å². The second kappa shape index (κ2) is 7.23. The number of carboxylic acid groups (broad SMARTS) is 1. The van der Waals surface area contributed by atoms with E-state index in [1.54, 1.807) is 6.07 Å². The van der Waals surface area contributed by atoms with Gasteiger partial charge >= 0.3 is 12.0 Å². The van der Waals surface area contributed by atoms with E-state index < -0.39 is 5.97 Å². The average Bonchev–Trinajstić information content (AvgIpc) is 2.78. The number of hydrogen-bond acceptors (Lipinski definition) is 5. The number of amides is 2. The fourth-order valence-electron chi connectivity index (χ4n) is 0.959. The van der Waals surface area contributed by atoms with Crippen molar-refractivity contribution in [3.05, 3.63) is 18.0 Å². The van der Waals surface area contributed by atoms with Gasteiger partial charge < -0.3 is 25.0 Å². The Bertz CT molecular complexity index is 352. The number of nitrogens with zero attached hydrogens (tertiary/aromatic N) is 1. The molecule has 0 aliphatic rings. The van der Waals surface area contributed by atoms with Crippen molar-refractivity contribution < 1.29 is 24.0 Å². The van der Waals surface area contributed by atoms with Crippen molar-refractivity contribution in [1.29, 1.82) is 0 Å². The van der Waals surface area contributed by atoms with Crippen LogP contribution in [0, 0.1) is 0 Å². The van der Waals surface area contributed by atoms with E-state index in [1.807, 2.05) is 0 Å². The number of aromatic nitrogens is 1. The maximum Gasteiger partial charge on any atom is 0.329 e. The van der Waals surface area contributed by atoms with Crippen LogP contribution in [0.5, 0.6) is 0 Å². The lowest BCUT2D eigenvalue weighted by molar-refractivity contribution is -0.142. The van der Waals surface area contributed by atoms with E-state index in [0.717, 1.165) is 0 Å². The van der Waals surface area contributed by atoms with Gasteiger partial charge in [0.05, 0.1) is 19.3 Å². The Kier molecular flexibility index (Phi) is 5.52. The highest BCUT2D eigenvalue weighted by atomic mass is 16.5. The maximum absolute atomic E-state index is 11.2. The molecule has 0 radical (unpaired) electrons. The minimum Gasteiger partial charge on any atom is -0.480 e. The summed E-state index contributed by atoms with van der Waals surface area (Å²) in [5, 5.41) is 16.8. The number of carbonyl (C=O) groups excluding carboxylic acids is 1. The minimum absolute atomic E-state index is 0.141. The van der Waals surface area contributed by atoms with Gasteiger partial charge in [0.25, 0.3) is 0 Å². The standard InChI is InChI=1S/C9H13N3O5/c13-8(14)6-16-4-3-10-9(15)11-5-7-1-2-12-17-7/h1-2H,3-6H2,(H,13,14)(H2,10,11,15). The monoisotopic (exact) mass is 243 g/mol. The quantitative estimate of drug-likeness (QED) is 0.560. The van der Waals surface area contributed by atoms with Gasteiger partial charge in [0.15, 0.2) is 5.76 Å². The highest BCUT2D eigenvalue weighted by Crippen LogP contribution is 1.94. The molecular formula is C9H13N3O5. The first-order valence-corrected chi connectivity index (χ1v) is 4.89. The van der Waals surface area contributed by atoms with Crippen LogP contribution >= 0.6 is 0 Å². The molecule has 1 aromatic heterocycles. The van der Waals surface area contributed by atoms with E-state index in [2.05, 4.69) is 15.8 Å². The number of carbonyl (C=O) groups is 2. The largest absolute Gasteiger partial charge is 0.480 e. The summed E-state index contributed by atoms with van der Waals surface area (Å²) in [6, 6.07) is 1.25. The smallest absolute Gasteiger partial charge is 0.329 e. The van der Waals surface area contributed by atoms with Crippen molar-refractivity contribution in [2.24, 2.45) is 0 Å². The van der Waals surface area contributed by atoms with Crippen LogP contribution in [-0.2, 0) is 16.1 Å². The summed E-state index contributed by atoms with van der Waals surface area (Å²) < 4.78 is 9.50. The van der Waals surface area contributed by atoms with Crippen molar-refractivity contribution in [2.75, 3.05) is 19.8 Å². The molecule has 0 aliphatic heterocycles. The van der Waals surface area contributed by atoms with Gasteiger partial charge in [-0.1, -0.05) is 5.16 Å². The third-order valence-electron chi connectivity index (χ3n) is 1.67. The van der Waals surface area contributed by atoms with Crippen molar-refractivity contribution in [2.45, 2.75) is 6.54 Å². The maximum atomic E-state index is 11.2. The molecule has 94 valence electrons. The van der Waals surface area contributed by atoms with Gasteiger partial charge in [-0.3, -0.25) is 0 Å². The second-order valence-corrected chi connectivity index (χ2v) is 3.03. The molecule has 0 saturated heterocycles. The normalized spacial score (nSPS) is 9.88. The summed E-state index contributed by atoms with van der Waals surface area (Å²) in [5.74, 6) is -0.498. The number of nitrogens with one attached hydrogen (secondary N) is 2. The third-order valence-corrected chi connectivity index (χ3v) is 1.67. The molecule has 0 atom stereocenters. The lowest BCUT2D eigenvalue weighted by atomic mass is 10.4. The first-order chi connectivity index (χ1) is 8.18. The molecule has 17 heavy (non-hydrogen) atoms. The lowest BCUT2D eigenvalue weighted by Gasteiger charge is -2.05. The Balaban J connectivity index is 2.00. The first-order valence-electron chi connectivity index (χ1n) is 4.89. The van der Waals surface area contributed by atoms with Crippen LogP contribution in [0.25, 0.3) is 0 Å². The van der Waals surface area contributed by atoms with Crippen LogP contribution in [-0.4, -0.2) is 42.0 Å². The van der Waals surface area contributed by atoms with Crippen molar-refractivity contribution in [3.8, 4) is 0 Å². The molecule has 0 saturated carbocycles. The first kappa shape index (κ1) is 13.0. The fraction of sp³-hybridized carbons (Fsp3) is 0.444. The van der Waals surface area contributed by atoms with Gasteiger partial charge in [0.2, 0.25) is 0 Å². The fourth-order valence-corrected chi connectivity index (χ4v) is 0.959. The zero-order chi connectivity index (χ0) is 12.5. The summed E-state index contributed by atoms with van der Waals surface area (Å²) >= 11 is 0. The van der Waals surface area contributed by atoms with E-state index in [1.165, 1.54) is 6.20 Å². The van der Waals surface area contributed by atoms with E-state index in [0.29, 0.717) is 5.76 Å². The number of aliphatic carboxylic acids is 1. The van der Waals surface area contributed by atoms with Crippen molar-refractivity contribution in [3.63, 3.8) is 0 Å². The number of carboxylic acids is 1. The summed E-state index contributed by atoms with van der Waals surface area (Å²) in [7, 11) is 0.